The van der Waals surface area contributed by atoms with E-state index in [1.54, 1.807) is 0 Å². The first kappa shape index (κ1) is 10.5. The van der Waals surface area contributed by atoms with Gasteiger partial charge in [-0.25, -0.2) is 4.98 Å². The van der Waals surface area contributed by atoms with E-state index in [1.807, 2.05) is 6.20 Å². The van der Waals surface area contributed by atoms with Gasteiger partial charge in [-0.2, -0.15) is 0 Å². The first-order valence-electron chi connectivity index (χ1n) is 6.07. The Morgan fingerprint density at radius 2 is 2.12 bits per heavy atom. The van der Waals surface area contributed by atoms with Crippen molar-refractivity contribution in [2.75, 3.05) is 6.54 Å². The van der Waals surface area contributed by atoms with Crippen LogP contribution in [0, 0.1) is 6.92 Å². The molecule has 1 saturated carbocycles. The molecule has 0 spiro atoms. The predicted octanol–water partition coefficient (Wildman–Crippen LogP) is 2.38. The molecule has 0 atom stereocenters. The number of imidazole rings is 1. The van der Waals surface area contributed by atoms with Crippen LogP contribution in [0.1, 0.15) is 24.2 Å². The van der Waals surface area contributed by atoms with Gasteiger partial charge in [0.2, 0.25) is 0 Å². The third kappa shape index (κ3) is 1.67. The van der Waals surface area contributed by atoms with Gasteiger partial charge in [-0.1, -0.05) is 24.3 Å². The van der Waals surface area contributed by atoms with E-state index in [2.05, 4.69) is 41.2 Å². The summed E-state index contributed by atoms with van der Waals surface area (Å²) in [5.41, 5.74) is 9.54. The molecule has 1 aliphatic carbocycles. The fourth-order valence-corrected chi connectivity index (χ4v) is 2.29. The summed E-state index contributed by atoms with van der Waals surface area (Å²) in [4.78, 5) is 7.94. The van der Waals surface area contributed by atoms with E-state index in [0.29, 0.717) is 6.54 Å². The molecule has 88 valence electrons. The van der Waals surface area contributed by atoms with Crippen LogP contribution in [0.3, 0.4) is 0 Å². The molecule has 0 bridgehead atoms. The topological polar surface area (TPSA) is 54.7 Å². The molecule has 3 nitrogen and oxygen atoms in total. The molecular formula is C14H17N3. The summed E-state index contributed by atoms with van der Waals surface area (Å²) in [6, 6.07) is 8.34. The Hall–Kier alpha value is -1.61. The third-order valence-electron chi connectivity index (χ3n) is 3.76. The summed E-state index contributed by atoms with van der Waals surface area (Å²) < 4.78 is 0. The maximum Gasteiger partial charge on any atom is 0.114 e. The summed E-state index contributed by atoms with van der Waals surface area (Å²) in [6.07, 6.45) is 4.24. The van der Waals surface area contributed by atoms with Crippen LogP contribution in [0.5, 0.6) is 0 Å². The summed E-state index contributed by atoms with van der Waals surface area (Å²) in [5, 5.41) is 0. The number of nitrogens with two attached hydrogens (primary N) is 1. The number of hydrogen-bond acceptors (Lipinski definition) is 2. The number of aromatic amines is 1. The fraction of sp³-hybridized carbons (Fsp3) is 0.357. The normalized spacial score (nSPS) is 17.1. The molecule has 0 radical (unpaired) electrons. The summed E-state index contributed by atoms with van der Waals surface area (Å²) in [5.74, 6) is 1.05. The molecule has 0 aliphatic heterocycles. The van der Waals surface area contributed by atoms with E-state index >= 15 is 0 Å². The van der Waals surface area contributed by atoms with E-state index in [0.717, 1.165) is 24.4 Å². The average molecular weight is 227 g/mol. The van der Waals surface area contributed by atoms with Crippen molar-refractivity contribution in [1.82, 2.24) is 9.97 Å². The van der Waals surface area contributed by atoms with E-state index in [-0.39, 0.29) is 5.41 Å². The molecule has 17 heavy (non-hydrogen) atoms. The van der Waals surface area contributed by atoms with Gasteiger partial charge in [-0.3, -0.25) is 0 Å². The second-order valence-corrected chi connectivity index (χ2v) is 4.94. The lowest BCUT2D eigenvalue weighted by molar-refractivity contribution is 0.659. The van der Waals surface area contributed by atoms with Crippen LogP contribution in [0.25, 0.3) is 11.3 Å². The first-order valence-corrected chi connectivity index (χ1v) is 6.07. The zero-order valence-electron chi connectivity index (χ0n) is 10.0. The first-order chi connectivity index (χ1) is 8.25. The molecule has 0 amide bonds. The molecule has 1 aromatic carbocycles. The number of nitrogens with one attached hydrogen (secondary N) is 1. The Morgan fingerprint density at radius 3 is 2.76 bits per heavy atom. The van der Waals surface area contributed by atoms with Gasteiger partial charge in [-0.15, -0.1) is 0 Å². The second kappa shape index (κ2) is 3.70. The van der Waals surface area contributed by atoms with Gasteiger partial charge in [0, 0.05) is 17.5 Å². The maximum absolute atomic E-state index is 5.82. The second-order valence-electron chi connectivity index (χ2n) is 4.94. The van der Waals surface area contributed by atoms with Gasteiger partial charge in [-0.05, 0) is 25.3 Å². The minimum absolute atomic E-state index is 0.140. The highest BCUT2D eigenvalue weighted by molar-refractivity contribution is 5.63. The molecule has 0 unspecified atom stereocenters. The lowest BCUT2D eigenvalue weighted by atomic mass is 10.1. The summed E-state index contributed by atoms with van der Waals surface area (Å²) in [7, 11) is 0. The van der Waals surface area contributed by atoms with Gasteiger partial charge in [0.25, 0.3) is 0 Å². The SMILES string of the molecule is Cc1ccccc1-c1cnc(C2(CN)CC2)[nH]1. The van der Waals surface area contributed by atoms with Gasteiger partial charge < -0.3 is 10.7 Å². The number of aromatic nitrogens is 2. The Bertz CT molecular complexity index is 538. The lowest BCUT2D eigenvalue weighted by Crippen LogP contribution is -2.21. The number of nitrogens with zero attached hydrogens (tertiary/aromatic N) is 1. The summed E-state index contributed by atoms with van der Waals surface area (Å²) >= 11 is 0. The van der Waals surface area contributed by atoms with Crippen molar-refractivity contribution in [2.24, 2.45) is 5.73 Å². The molecule has 3 N–H and O–H groups in total. The van der Waals surface area contributed by atoms with Gasteiger partial charge in [0.15, 0.2) is 0 Å². The van der Waals surface area contributed by atoms with Crippen molar-refractivity contribution < 1.29 is 0 Å². The molecule has 1 aliphatic rings. The number of rotatable bonds is 3. The van der Waals surface area contributed by atoms with Crippen LogP contribution >= 0.6 is 0 Å². The fourth-order valence-electron chi connectivity index (χ4n) is 2.29. The van der Waals surface area contributed by atoms with Gasteiger partial charge in [0.05, 0.1) is 11.9 Å². The van der Waals surface area contributed by atoms with Crippen LogP contribution in [-0.2, 0) is 5.41 Å². The van der Waals surface area contributed by atoms with Crippen LogP contribution in [0.15, 0.2) is 30.5 Å². The van der Waals surface area contributed by atoms with Crippen molar-refractivity contribution >= 4 is 0 Å². The molecule has 2 aromatic rings. The van der Waals surface area contributed by atoms with Crippen molar-refractivity contribution in [3.8, 4) is 11.3 Å². The van der Waals surface area contributed by atoms with Gasteiger partial charge in [0.1, 0.15) is 5.82 Å². The zero-order valence-corrected chi connectivity index (χ0v) is 10.0. The van der Waals surface area contributed by atoms with E-state index in [4.69, 9.17) is 5.73 Å². The number of aryl methyl sites for hydroxylation is 1. The molecular weight excluding hydrogens is 210 g/mol. The largest absolute Gasteiger partial charge is 0.341 e. The molecule has 1 fully saturated rings. The number of H-pyrrole nitrogens is 1. The van der Waals surface area contributed by atoms with Crippen LogP contribution < -0.4 is 5.73 Å². The maximum atomic E-state index is 5.82. The summed E-state index contributed by atoms with van der Waals surface area (Å²) in [6.45, 7) is 2.80. The Morgan fingerprint density at radius 1 is 1.35 bits per heavy atom. The minimum Gasteiger partial charge on any atom is -0.341 e. The number of hydrogen-bond donors (Lipinski definition) is 2. The minimum atomic E-state index is 0.140. The van der Waals surface area contributed by atoms with E-state index in [1.165, 1.54) is 11.1 Å². The molecule has 3 heteroatoms. The monoisotopic (exact) mass is 227 g/mol. The standard InChI is InChI=1S/C14H17N3/c1-10-4-2-3-5-11(10)12-8-16-13(17-12)14(9-15)6-7-14/h2-5,8H,6-7,9,15H2,1H3,(H,16,17). The van der Waals surface area contributed by atoms with Crippen molar-refractivity contribution in [2.45, 2.75) is 25.2 Å². The molecule has 1 aromatic heterocycles. The highest BCUT2D eigenvalue weighted by atomic mass is 15.0. The number of benzene rings is 1. The Balaban J connectivity index is 1.99. The van der Waals surface area contributed by atoms with Crippen LogP contribution in [0.4, 0.5) is 0 Å². The highest BCUT2D eigenvalue weighted by Crippen LogP contribution is 2.46. The molecule has 1 heterocycles. The van der Waals surface area contributed by atoms with Crippen molar-refractivity contribution in [1.29, 1.82) is 0 Å². The van der Waals surface area contributed by atoms with E-state index in [9.17, 15) is 0 Å². The molecule has 0 saturated heterocycles. The van der Waals surface area contributed by atoms with Crippen LogP contribution in [0.2, 0.25) is 0 Å². The average Bonchev–Trinajstić information content (AvgIpc) is 3.00. The smallest absolute Gasteiger partial charge is 0.114 e. The van der Waals surface area contributed by atoms with Crippen molar-refractivity contribution in [3.05, 3.63) is 41.9 Å². The zero-order chi connectivity index (χ0) is 11.9. The Kier molecular flexibility index (Phi) is 2.30. The highest BCUT2D eigenvalue weighted by Gasteiger charge is 2.45. The van der Waals surface area contributed by atoms with Gasteiger partial charge >= 0.3 is 0 Å². The van der Waals surface area contributed by atoms with Crippen molar-refractivity contribution in [3.63, 3.8) is 0 Å². The van der Waals surface area contributed by atoms with Crippen LogP contribution in [-0.4, -0.2) is 16.5 Å². The molecule has 3 rings (SSSR count). The lowest BCUT2D eigenvalue weighted by Gasteiger charge is -2.08. The van der Waals surface area contributed by atoms with E-state index < -0.39 is 0 Å². The predicted molar refractivity (Wildman–Crippen MR) is 68.7 cm³/mol. The Labute approximate surface area is 101 Å². The third-order valence-corrected chi connectivity index (χ3v) is 3.76. The quantitative estimate of drug-likeness (QED) is 0.845.